The number of carbonyl (C=O) groups excluding carboxylic acids is 2. The van der Waals surface area contributed by atoms with Gasteiger partial charge in [-0.05, 0) is 55.7 Å². The highest BCUT2D eigenvalue weighted by Gasteiger charge is 2.36. The third-order valence-electron chi connectivity index (χ3n) is 6.52. The third kappa shape index (κ3) is 8.04. The molecule has 0 aliphatic rings. The summed E-state index contributed by atoms with van der Waals surface area (Å²) in [6, 6.07) is 15.6. The highest BCUT2D eigenvalue weighted by Crippen LogP contribution is 2.37. The van der Waals surface area contributed by atoms with Crippen LogP contribution in [0.3, 0.4) is 0 Å². The molecule has 3 aromatic rings. The molecule has 0 fully saturated rings. The molecule has 2 amide bonds. The van der Waals surface area contributed by atoms with Gasteiger partial charge in [0, 0.05) is 13.1 Å². The first-order chi connectivity index (χ1) is 19.8. The SMILES string of the molecule is CCCNC(=O)C(CC)N(Cc1cccc(C)c1)C(=O)CN(c1cc(C(F)(F)F)ccc1Cl)S(=O)(=O)c1ccccc1. The van der Waals surface area contributed by atoms with E-state index in [0.29, 0.717) is 28.9 Å². The Kier molecular flexibility index (Phi) is 11.0. The van der Waals surface area contributed by atoms with E-state index in [1.807, 2.05) is 26.0 Å². The second kappa shape index (κ2) is 14.1. The zero-order valence-corrected chi connectivity index (χ0v) is 25.1. The molecule has 42 heavy (non-hydrogen) atoms. The van der Waals surface area contributed by atoms with Gasteiger partial charge in [0.25, 0.3) is 10.0 Å². The lowest BCUT2D eigenvalue weighted by atomic mass is 10.1. The van der Waals surface area contributed by atoms with Crippen molar-refractivity contribution < 1.29 is 31.2 Å². The summed E-state index contributed by atoms with van der Waals surface area (Å²) in [7, 11) is -4.58. The first-order valence-corrected chi connectivity index (χ1v) is 15.2. The number of alkyl halides is 3. The van der Waals surface area contributed by atoms with Crippen molar-refractivity contribution in [3.63, 3.8) is 0 Å². The molecule has 1 unspecified atom stereocenters. The average molecular weight is 624 g/mol. The van der Waals surface area contributed by atoms with Crippen LogP contribution in [0.4, 0.5) is 18.9 Å². The number of rotatable bonds is 12. The summed E-state index contributed by atoms with van der Waals surface area (Å²) in [4.78, 5) is 28.2. The summed E-state index contributed by atoms with van der Waals surface area (Å²) in [6.45, 7) is 4.90. The first-order valence-electron chi connectivity index (χ1n) is 13.4. The Morgan fingerprint density at radius 1 is 0.976 bits per heavy atom. The molecule has 226 valence electrons. The average Bonchev–Trinajstić information content (AvgIpc) is 2.94. The van der Waals surface area contributed by atoms with Gasteiger partial charge in [-0.15, -0.1) is 0 Å². The Hall–Kier alpha value is -3.57. The van der Waals surface area contributed by atoms with Gasteiger partial charge in [0.15, 0.2) is 0 Å². The summed E-state index contributed by atoms with van der Waals surface area (Å²) in [5, 5.41) is 2.48. The molecule has 0 aromatic heterocycles. The summed E-state index contributed by atoms with van der Waals surface area (Å²) in [6.07, 6.45) is -3.93. The van der Waals surface area contributed by atoms with Gasteiger partial charge in [-0.1, -0.05) is 73.5 Å². The minimum absolute atomic E-state index is 0.0336. The van der Waals surface area contributed by atoms with E-state index in [9.17, 15) is 31.2 Å². The van der Waals surface area contributed by atoms with Crippen molar-refractivity contribution in [2.24, 2.45) is 0 Å². The smallest absolute Gasteiger partial charge is 0.354 e. The van der Waals surface area contributed by atoms with E-state index in [4.69, 9.17) is 11.6 Å². The van der Waals surface area contributed by atoms with E-state index in [2.05, 4.69) is 5.32 Å². The van der Waals surface area contributed by atoms with Gasteiger partial charge < -0.3 is 10.2 Å². The van der Waals surface area contributed by atoms with Crippen molar-refractivity contribution >= 4 is 39.1 Å². The van der Waals surface area contributed by atoms with E-state index in [0.717, 1.165) is 17.7 Å². The minimum Gasteiger partial charge on any atom is -0.354 e. The Morgan fingerprint density at radius 3 is 2.26 bits per heavy atom. The Balaban J connectivity index is 2.15. The molecule has 7 nitrogen and oxygen atoms in total. The largest absolute Gasteiger partial charge is 0.416 e. The predicted octanol–water partition coefficient (Wildman–Crippen LogP) is 6.20. The number of nitrogens with one attached hydrogen (secondary N) is 1. The predicted molar refractivity (Wildman–Crippen MR) is 157 cm³/mol. The summed E-state index contributed by atoms with van der Waals surface area (Å²) >= 11 is 6.28. The number of anilines is 1. The molecular weight excluding hydrogens is 591 g/mol. The van der Waals surface area contributed by atoms with Gasteiger partial charge in [-0.2, -0.15) is 13.2 Å². The van der Waals surface area contributed by atoms with Crippen molar-refractivity contribution in [1.82, 2.24) is 10.2 Å². The highest BCUT2D eigenvalue weighted by molar-refractivity contribution is 7.92. The molecule has 0 heterocycles. The topological polar surface area (TPSA) is 86.8 Å². The Bertz CT molecular complexity index is 1500. The van der Waals surface area contributed by atoms with Crippen LogP contribution >= 0.6 is 11.6 Å². The molecule has 0 aliphatic carbocycles. The maximum atomic E-state index is 14.0. The summed E-state index contributed by atoms with van der Waals surface area (Å²) < 4.78 is 69.3. The lowest BCUT2D eigenvalue weighted by molar-refractivity contribution is -0.140. The maximum Gasteiger partial charge on any atom is 0.416 e. The van der Waals surface area contributed by atoms with Crippen LogP contribution in [-0.4, -0.2) is 44.3 Å². The van der Waals surface area contributed by atoms with Crippen molar-refractivity contribution in [1.29, 1.82) is 0 Å². The lowest BCUT2D eigenvalue weighted by Crippen LogP contribution is -2.52. The molecule has 0 aliphatic heterocycles. The Labute approximate surface area is 249 Å². The highest BCUT2D eigenvalue weighted by atomic mass is 35.5. The van der Waals surface area contributed by atoms with Crippen LogP contribution in [0.1, 0.15) is 43.4 Å². The van der Waals surface area contributed by atoms with Crippen LogP contribution in [0.5, 0.6) is 0 Å². The van der Waals surface area contributed by atoms with Crippen LogP contribution in [0, 0.1) is 6.92 Å². The van der Waals surface area contributed by atoms with Gasteiger partial charge in [0.1, 0.15) is 12.6 Å². The van der Waals surface area contributed by atoms with Crippen LogP contribution in [0.2, 0.25) is 5.02 Å². The number of halogens is 4. The molecule has 1 atom stereocenters. The van der Waals surface area contributed by atoms with Crippen molar-refractivity contribution in [2.75, 3.05) is 17.4 Å². The molecule has 0 spiro atoms. The van der Waals surface area contributed by atoms with Crippen molar-refractivity contribution in [2.45, 2.75) is 57.3 Å². The van der Waals surface area contributed by atoms with E-state index in [1.54, 1.807) is 25.1 Å². The number of hydrogen-bond acceptors (Lipinski definition) is 4. The summed E-state index contributed by atoms with van der Waals surface area (Å²) in [5.74, 6) is -1.21. The second-order valence-corrected chi connectivity index (χ2v) is 12.0. The number of aryl methyl sites for hydroxylation is 1. The number of amides is 2. The monoisotopic (exact) mass is 623 g/mol. The van der Waals surface area contributed by atoms with Gasteiger partial charge in [-0.3, -0.25) is 13.9 Å². The number of hydrogen-bond donors (Lipinski definition) is 1. The molecule has 1 N–H and O–H groups in total. The number of nitrogens with zero attached hydrogens (tertiary/aromatic N) is 2. The molecule has 12 heteroatoms. The zero-order valence-electron chi connectivity index (χ0n) is 23.5. The number of sulfonamides is 1. The van der Waals surface area contributed by atoms with Gasteiger partial charge in [0.2, 0.25) is 11.8 Å². The first kappa shape index (κ1) is 32.9. The number of carbonyl (C=O) groups is 2. The molecule has 0 saturated heterocycles. The second-order valence-electron chi connectivity index (χ2n) is 9.71. The summed E-state index contributed by atoms with van der Waals surface area (Å²) in [5.41, 5.74) is -0.0423. The van der Waals surface area contributed by atoms with Crippen LogP contribution in [0.25, 0.3) is 0 Å². The molecular formula is C30H33ClF3N3O4S. The lowest BCUT2D eigenvalue weighted by Gasteiger charge is -2.33. The maximum absolute atomic E-state index is 14.0. The molecule has 3 aromatic carbocycles. The third-order valence-corrected chi connectivity index (χ3v) is 8.62. The molecule has 0 saturated carbocycles. The zero-order chi connectivity index (χ0) is 31.1. The Morgan fingerprint density at radius 2 is 1.67 bits per heavy atom. The van der Waals surface area contributed by atoms with Gasteiger partial charge >= 0.3 is 6.18 Å². The van der Waals surface area contributed by atoms with Crippen molar-refractivity contribution in [3.05, 3.63) is 94.5 Å². The standard InChI is InChI=1S/C30H33ClF3N3O4S/c1-4-16-35-29(39)26(5-2)36(19-22-11-9-10-21(3)17-22)28(38)20-37(42(40,41)24-12-7-6-8-13-24)27-18-23(30(32,33)34)14-15-25(27)31/h6-15,17-18,26H,4-5,16,19-20H2,1-3H3,(H,35,39). The van der Waals surface area contributed by atoms with E-state index in [-0.39, 0.29) is 22.9 Å². The van der Waals surface area contributed by atoms with Crippen LogP contribution in [-0.2, 0) is 32.3 Å². The normalized spacial score (nSPS) is 12.5. The fourth-order valence-electron chi connectivity index (χ4n) is 4.41. The van der Waals surface area contributed by atoms with E-state index < -0.39 is 51.9 Å². The molecule has 0 radical (unpaired) electrons. The van der Waals surface area contributed by atoms with E-state index >= 15 is 0 Å². The number of benzene rings is 3. The molecule has 3 rings (SSSR count). The van der Waals surface area contributed by atoms with Crippen molar-refractivity contribution in [3.8, 4) is 0 Å². The fourth-order valence-corrected chi connectivity index (χ4v) is 6.12. The fraction of sp³-hybridized carbons (Fsp3) is 0.333. The van der Waals surface area contributed by atoms with Crippen LogP contribution < -0.4 is 9.62 Å². The van der Waals surface area contributed by atoms with Gasteiger partial charge in [0.05, 0.1) is 21.2 Å². The van der Waals surface area contributed by atoms with E-state index in [1.165, 1.54) is 29.2 Å². The quantitative estimate of drug-likeness (QED) is 0.260. The molecule has 0 bridgehead atoms. The minimum atomic E-state index is -4.80. The van der Waals surface area contributed by atoms with Gasteiger partial charge in [-0.25, -0.2) is 8.42 Å². The van der Waals surface area contributed by atoms with Crippen LogP contribution in [0.15, 0.2) is 77.7 Å².